The van der Waals surface area contributed by atoms with Gasteiger partial charge in [0.25, 0.3) is 10.0 Å². The van der Waals surface area contributed by atoms with E-state index in [9.17, 15) is 18.8 Å². The molecule has 0 spiro atoms. The molecule has 2 heterocycles. The highest BCUT2D eigenvalue weighted by Crippen LogP contribution is 2.35. The summed E-state index contributed by atoms with van der Waals surface area (Å²) in [4.78, 5) is 6.25. The van der Waals surface area contributed by atoms with Crippen LogP contribution in [0.4, 0.5) is 11.5 Å². The Balaban J connectivity index is 1.53. The Bertz CT molecular complexity index is 1350. The Morgan fingerprint density at radius 2 is 1.80 bits per heavy atom. The summed E-state index contributed by atoms with van der Waals surface area (Å²) < 4.78 is 38.8. The molecule has 10 heteroatoms. The number of aromatic nitrogens is 1. The first-order chi connectivity index (χ1) is 16.8. The van der Waals surface area contributed by atoms with Gasteiger partial charge in [0, 0.05) is 19.2 Å². The van der Waals surface area contributed by atoms with Crippen molar-refractivity contribution in [3.05, 3.63) is 71.9 Å². The van der Waals surface area contributed by atoms with Gasteiger partial charge in [-0.1, -0.05) is 30.3 Å². The van der Waals surface area contributed by atoms with Crippen LogP contribution < -0.4 is 19.1 Å². The van der Waals surface area contributed by atoms with E-state index in [4.69, 9.17) is 9.47 Å². The monoisotopic (exact) mass is 494 g/mol. The van der Waals surface area contributed by atoms with Crippen molar-refractivity contribution in [2.24, 2.45) is 0 Å². The maximum atomic E-state index is 13.0. The number of benzene rings is 2. The molecular formula is C25H26N4O5S. The van der Waals surface area contributed by atoms with Gasteiger partial charge >= 0.3 is 0 Å². The third-order valence-electron chi connectivity index (χ3n) is 6.10. The van der Waals surface area contributed by atoms with Gasteiger partial charge < -0.3 is 19.5 Å². The third kappa shape index (κ3) is 5.01. The fraction of sp³-hybridized carbons (Fsp3) is 0.280. The zero-order chi connectivity index (χ0) is 25.1. The first-order valence-electron chi connectivity index (χ1n) is 11.0. The van der Waals surface area contributed by atoms with Crippen LogP contribution in [0.1, 0.15) is 24.0 Å². The zero-order valence-corrected chi connectivity index (χ0v) is 20.2. The number of aliphatic hydroxyl groups is 1. The van der Waals surface area contributed by atoms with Crippen LogP contribution in [0.5, 0.6) is 11.5 Å². The maximum Gasteiger partial charge on any atom is 0.265 e. The van der Waals surface area contributed by atoms with Crippen LogP contribution in [0.15, 0.2) is 65.7 Å². The quantitative estimate of drug-likeness (QED) is 0.513. The van der Waals surface area contributed by atoms with Crippen LogP contribution in [-0.2, 0) is 15.6 Å². The standard InChI is InChI=1S/C25H26N4O5S/c1-33-21-8-9-23(22(15-21)34-2)35(31,32)28-20-14-18(16-26)24(27-17-20)29-12-10-25(30,11-13-29)19-6-4-3-5-7-19/h3-9,14-15,17,28,30H,10-13H2,1-2H3. The summed E-state index contributed by atoms with van der Waals surface area (Å²) in [6, 6.07) is 17.5. The number of hydrogen-bond donors (Lipinski definition) is 2. The van der Waals surface area contributed by atoms with Crippen molar-refractivity contribution >= 4 is 21.5 Å². The van der Waals surface area contributed by atoms with E-state index in [1.165, 1.54) is 44.7 Å². The van der Waals surface area contributed by atoms with E-state index in [2.05, 4.69) is 15.8 Å². The number of nitriles is 1. The lowest BCUT2D eigenvalue weighted by atomic mass is 9.84. The molecule has 2 N–H and O–H groups in total. The molecule has 2 aromatic carbocycles. The summed E-state index contributed by atoms with van der Waals surface area (Å²) in [5.74, 6) is 1.04. The van der Waals surface area contributed by atoms with Gasteiger partial charge in [-0.2, -0.15) is 5.26 Å². The SMILES string of the molecule is COc1ccc(S(=O)(=O)Nc2cnc(N3CCC(O)(c4ccccc4)CC3)c(C#N)c2)c(OC)c1. The fourth-order valence-corrected chi connectivity index (χ4v) is 5.37. The van der Waals surface area contributed by atoms with Crippen LogP contribution >= 0.6 is 0 Å². The van der Waals surface area contributed by atoms with Crippen molar-refractivity contribution in [2.75, 3.05) is 36.9 Å². The average molecular weight is 495 g/mol. The molecule has 0 atom stereocenters. The van der Waals surface area contributed by atoms with Gasteiger partial charge in [-0.25, -0.2) is 13.4 Å². The van der Waals surface area contributed by atoms with E-state index in [-0.39, 0.29) is 21.9 Å². The third-order valence-corrected chi connectivity index (χ3v) is 7.52. The molecule has 0 aliphatic carbocycles. The number of pyridine rings is 1. The first-order valence-corrected chi connectivity index (χ1v) is 12.5. The molecule has 1 aromatic heterocycles. The highest BCUT2D eigenvalue weighted by molar-refractivity contribution is 7.92. The van der Waals surface area contributed by atoms with Crippen LogP contribution in [-0.4, -0.2) is 45.8 Å². The Hall–Kier alpha value is -3.81. The average Bonchev–Trinajstić information content (AvgIpc) is 2.89. The molecule has 4 rings (SSSR count). The smallest absolute Gasteiger partial charge is 0.265 e. The van der Waals surface area contributed by atoms with Gasteiger partial charge in [0.05, 0.1) is 37.3 Å². The van der Waals surface area contributed by atoms with E-state index in [0.29, 0.717) is 37.5 Å². The fourth-order valence-electron chi connectivity index (χ4n) is 4.18. The molecule has 1 aliphatic heterocycles. The lowest BCUT2D eigenvalue weighted by molar-refractivity contribution is 0.0116. The summed E-state index contributed by atoms with van der Waals surface area (Å²) in [6.45, 7) is 1.00. The molecule has 1 saturated heterocycles. The van der Waals surface area contributed by atoms with Crippen LogP contribution in [0.25, 0.3) is 0 Å². The number of sulfonamides is 1. The first kappa shape index (κ1) is 24.3. The van der Waals surface area contributed by atoms with Crippen molar-refractivity contribution in [1.29, 1.82) is 5.26 Å². The predicted molar refractivity (Wildman–Crippen MR) is 131 cm³/mol. The molecule has 182 valence electrons. The highest BCUT2D eigenvalue weighted by Gasteiger charge is 2.35. The second-order valence-electron chi connectivity index (χ2n) is 8.21. The number of rotatable bonds is 7. The molecule has 0 unspecified atom stereocenters. The second-order valence-corrected chi connectivity index (χ2v) is 9.86. The molecular weight excluding hydrogens is 468 g/mol. The topological polar surface area (TPSA) is 125 Å². The maximum absolute atomic E-state index is 13.0. The summed E-state index contributed by atoms with van der Waals surface area (Å²) in [6.07, 6.45) is 2.34. The molecule has 1 aliphatic rings. The molecule has 3 aromatic rings. The van der Waals surface area contributed by atoms with Crippen LogP contribution in [0.3, 0.4) is 0 Å². The minimum atomic E-state index is -4.02. The number of nitrogens with zero attached hydrogens (tertiary/aromatic N) is 3. The molecule has 0 radical (unpaired) electrons. The summed E-state index contributed by atoms with van der Waals surface area (Å²) in [7, 11) is -1.17. The minimum absolute atomic E-state index is 0.0698. The summed E-state index contributed by atoms with van der Waals surface area (Å²) >= 11 is 0. The molecule has 0 amide bonds. The second kappa shape index (κ2) is 9.82. The molecule has 0 bridgehead atoms. The lowest BCUT2D eigenvalue weighted by Crippen LogP contribution is -2.43. The number of ether oxygens (including phenoxy) is 2. The van der Waals surface area contributed by atoms with Crippen molar-refractivity contribution in [2.45, 2.75) is 23.3 Å². The number of nitrogens with one attached hydrogen (secondary N) is 1. The van der Waals surface area contributed by atoms with Gasteiger partial charge in [0.2, 0.25) is 0 Å². The Labute approximate surface area is 204 Å². The normalized spacial score (nSPS) is 15.2. The van der Waals surface area contributed by atoms with Crippen LogP contribution in [0.2, 0.25) is 0 Å². The van der Waals surface area contributed by atoms with Gasteiger partial charge in [-0.05, 0) is 36.6 Å². The number of hydrogen-bond acceptors (Lipinski definition) is 8. The van der Waals surface area contributed by atoms with Gasteiger partial charge in [-0.3, -0.25) is 4.72 Å². The predicted octanol–water partition coefficient (Wildman–Crippen LogP) is 3.26. The summed E-state index contributed by atoms with van der Waals surface area (Å²) in [5.41, 5.74) is 0.322. The Kier molecular flexibility index (Phi) is 6.82. The lowest BCUT2D eigenvalue weighted by Gasteiger charge is -2.39. The van der Waals surface area contributed by atoms with Crippen molar-refractivity contribution in [3.8, 4) is 17.6 Å². The van der Waals surface area contributed by atoms with Crippen molar-refractivity contribution in [1.82, 2.24) is 4.98 Å². The zero-order valence-electron chi connectivity index (χ0n) is 19.4. The molecule has 1 fully saturated rings. The van der Waals surface area contributed by atoms with E-state index in [1.807, 2.05) is 35.2 Å². The van der Waals surface area contributed by atoms with E-state index < -0.39 is 15.6 Å². The number of anilines is 2. The van der Waals surface area contributed by atoms with E-state index in [1.54, 1.807) is 0 Å². The van der Waals surface area contributed by atoms with E-state index >= 15 is 0 Å². The van der Waals surface area contributed by atoms with Crippen LogP contribution in [0, 0.1) is 11.3 Å². The van der Waals surface area contributed by atoms with Gasteiger partial charge in [0.15, 0.2) is 0 Å². The van der Waals surface area contributed by atoms with Crippen molar-refractivity contribution in [3.63, 3.8) is 0 Å². The summed E-state index contributed by atoms with van der Waals surface area (Å²) in [5, 5.41) is 20.8. The largest absolute Gasteiger partial charge is 0.497 e. The van der Waals surface area contributed by atoms with Gasteiger partial charge in [0.1, 0.15) is 28.3 Å². The molecule has 35 heavy (non-hydrogen) atoms. The Morgan fingerprint density at radius 1 is 1.09 bits per heavy atom. The van der Waals surface area contributed by atoms with E-state index in [0.717, 1.165) is 5.56 Å². The number of piperidine rings is 1. The van der Waals surface area contributed by atoms with Gasteiger partial charge in [-0.15, -0.1) is 0 Å². The minimum Gasteiger partial charge on any atom is -0.497 e. The van der Waals surface area contributed by atoms with Crippen molar-refractivity contribution < 1.29 is 23.0 Å². The highest BCUT2D eigenvalue weighted by atomic mass is 32.2. The Morgan fingerprint density at radius 3 is 2.43 bits per heavy atom. The molecule has 0 saturated carbocycles. The molecule has 9 nitrogen and oxygen atoms in total. The number of methoxy groups -OCH3 is 2.